The highest BCUT2D eigenvalue weighted by atomic mass is 35.5. The number of nitrogens with zero attached hydrogens (tertiary/aromatic N) is 1. The summed E-state index contributed by atoms with van der Waals surface area (Å²) in [4.78, 5) is 4.00. The molecule has 2 heteroatoms. The first-order chi connectivity index (χ1) is 7.00. The molecule has 1 atom stereocenters. The van der Waals surface area contributed by atoms with Gasteiger partial charge in [-0.3, -0.25) is 4.98 Å². The molecule has 1 aromatic rings. The van der Waals surface area contributed by atoms with Crippen molar-refractivity contribution in [2.75, 3.05) is 0 Å². The van der Waals surface area contributed by atoms with Crippen LogP contribution in [0.2, 0.25) is 0 Å². The Morgan fingerprint density at radius 2 is 1.87 bits per heavy atom. The lowest BCUT2D eigenvalue weighted by atomic mass is 9.88. The summed E-state index contributed by atoms with van der Waals surface area (Å²) in [6.45, 7) is 6.57. The van der Waals surface area contributed by atoms with E-state index in [9.17, 15) is 0 Å². The fraction of sp³-hybridized carbons (Fsp3) is 0.615. The van der Waals surface area contributed by atoms with Crippen molar-refractivity contribution in [3.05, 3.63) is 30.1 Å². The maximum atomic E-state index is 6.31. The predicted molar refractivity (Wildman–Crippen MR) is 66.3 cm³/mol. The van der Waals surface area contributed by atoms with Gasteiger partial charge in [0.25, 0.3) is 0 Å². The van der Waals surface area contributed by atoms with Gasteiger partial charge in [0.15, 0.2) is 0 Å². The minimum absolute atomic E-state index is 0.208. The highest BCUT2D eigenvalue weighted by molar-refractivity contribution is 6.21. The number of alkyl halides is 1. The van der Waals surface area contributed by atoms with Gasteiger partial charge < -0.3 is 0 Å². The van der Waals surface area contributed by atoms with E-state index in [1.807, 2.05) is 12.4 Å². The van der Waals surface area contributed by atoms with Crippen molar-refractivity contribution in [3.8, 4) is 0 Å². The van der Waals surface area contributed by atoms with E-state index in [0.29, 0.717) is 0 Å². The van der Waals surface area contributed by atoms with E-state index in [2.05, 4.69) is 37.9 Å². The first-order valence-corrected chi connectivity index (χ1v) is 5.97. The first-order valence-electron chi connectivity index (χ1n) is 5.53. The van der Waals surface area contributed by atoms with Crippen LogP contribution in [0.3, 0.4) is 0 Å². The van der Waals surface area contributed by atoms with E-state index >= 15 is 0 Å². The molecule has 1 aromatic heterocycles. The zero-order valence-corrected chi connectivity index (χ0v) is 10.6. The molecule has 0 aliphatic rings. The van der Waals surface area contributed by atoms with Gasteiger partial charge in [0.05, 0.1) is 0 Å². The van der Waals surface area contributed by atoms with Crippen molar-refractivity contribution >= 4 is 11.6 Å². The average molecular weight is 226 g/mol. The molecule has 0 radical (unpaired) electrons. The second-order valence-electron chi connectivity index (χ2n) is 5.08. The quantitative estimate of drug-likeness (QED) is 0.705. The molecule has 0 bridgehead atoms. The fourth-order valence-corrected chi connectivity index (χ4v) is 1.62. The maximum Gasteiger partial charge on any atom is 0.0384 e. The van der Waals surface area contributed by atoms with E-state index in [0.717, 1.165) is 19.3 Å². The molecule has 0 spiro atoms. The second kappa shape index (κ2) is 5.50. The Kier molecular flexibility index (Phi) is 4.59. The molecule has 0 aromatic carbocycles. The van der Waals surface area contributed by atoms with Crippen LogP contribution >= 0.6 is 11.6 Å². The number of halogens is 1. The van der Waals surface area contributed by atoms with Crippen LogP contribution in [0.5, 0.6) is 0 Å². The summed E-state index contributed by atoms with van der Waals surface area (Å²) in [5, 5.41) is 0.263. The summed E-state index contributed by atoms with van der Waals surface area (Å²) < 4.78 is 0. The van der Waals surface area contributed by atoms with Crippen molar-refractivity contribution in [3.63, 3.8) is 0 Å². The third kappa shape index (κ3) is 4.65. The fourth-order valence-electron chi connectivity index (χ4n) is 1.47. The number of pyridine rings is 1. The molecule has 0 aliphatic carbocycles. The number of aryl methyl sites for hydroxylation is 1. The van der Waals surface area contributed by atoms with Gasteiger partial charge in [-0.05, 0) is 42.4 Å². The topological polar surface area (TPSA) is 12.9 Å². The molecule has 0 saturated carbocycles. The molecule has 1 nitrogen and oxygen atoms in total. The molecule has 84 valence electrons. The zero-order chi connectivity index (χ0) is 11.3. The standard InChI is InChI=1S/C13H20ClN/c1-13(2,3)12(14)6-4-5-11-7-9-15-10-8-11/h7-10,12H,4-6H2,1-3H3. The van der Waals surface area contributed by atoms with Crippen molar-refractivity contribution in [2.24, 2.45) is 5.41 Å². The minimum atomic E-state index is 0.208. The Morgan fingerprint density at radius 1 is 1.27 bits per heavy atom. The third-order valence-electron chi connectivity index (χ3n) is 2.61. The van der Waals surface area contributed by atoms with E-state index in [-0.39, 0.29) is 10.8 Å². The SMILES string of the molecule is CC(C)(C)C(Cl)CCCc1ccncc1. The molecule has 1 unspecified atom stereocenters. The Hall–Kier alpha value is -0.560. The molecule has 0 fully saturated rings. The van der Waals surface area contributed by atoms with Crippen molar-refractivity contribution < 1.29 is 0 Å². The molecule has 1 rings (SSSR count). The van der Waals surface area contributed by atoms with Crippen molar-refractivity contribution in [2.45, 2.75) is 45.4 Å². The number of rotatable bonds is 4. The number of aromatic nitrogens is 1. The Labute approximate surface area is 97.9 Å². The van der Waals surface area contributed by atoms with E-state index in [4.69, 9.17) is 11.6 Å². The molecule has 15 heavy (non-hydrogen) atoms. The van der Waals surface area contributed by atoms with Gasteiger partial charge in [0.1, 0.15) is 0 Å². The van der Waals surface area contributed by atoms with Gasteiger partial charge in [0.2, 0.25) is 0 Å². The predicted octanol–water partition coefficient (Wildman–Crippen LogP) is 4.06. The van der Waals surface area contributed by atoms with Crippen molar-refractivity contribution in [1.82, 2.24) is 4.98 Å². The van der Waals surface area contributed by atoms with Crippen LogP contribution in [0, 0.1) is 5.41 Å². The summed E-state index contributed by atoms with van der Waals surface area (Å²) in [5.74, 6) is 0. The van der Waals surface area contributed by atoms with Gasteiger partial charge in [-0.2, -0.15) is 0 Å². The second-order valence-corrected chi connectivity index (χ2v) is 5.61. The Morgan fingerprint density at radius 3 is 2.40 bits per heavy atom. The van der Waals surface area contributed by atoms with E-state index in [1.54, 1.807) is 0 Å². The smallest absolute Gasteiger partial charge is 0.0384 e. The molecular weight excluding hydrogens is 206 g/mol. The molecule has 0 aliphatic heterocycles. The number of hydrogen-bond acceptors (Lipinski definition) is 1. The highest BCUT2D eigenvalue weighted by Crippen LogP contribution is 2.28. The molecule has 0 saturated heterocycles. The van der Waals surface area contributed by atoms with Crippen LogP contribution in [0.15, 0.2) is 24.5 Å². The van der Waals surface area contributed by atoms with Gasteiger partial charge in [0, 0.05) is 17.8 Å². The lowest BCUT2D eigenvalue weighted by molar-refractivity contribution is 0.369. The average Bonchev–Trinajstić information content (AvgIpc) is 2.18. The summed E-state index contributed by atoms with van der Waals surface area (Å²) >= 11 is 6.31. The van der Waals surface area contributed by atoms with Crippen LogP contribution in [0.4, 0.5) is 0 Å². The Balaban J connectivity index is 2.28. The lowest BCUT2D eigenvalue weighted by Gasteiger charge is -2.24. The summed E-state index contributed by atoms with van der Waals surface area (Å²) in [6, 6.07) is 4.14. The third-order valence-corrected chi connectivity index (χ3v) is 3.48. The molecule has 0 amide bonds. The van der Waals surface area contributed by atoms with Crippen LogP contribution in [-0.4, -0.2) is 10.4 Å². The molecule has 0 N–H and O–H groups in total. The number of hydrogen-bond donors (Lipinski definition) is 0. The normalized spacial score (nSPS) is 13.9. The lowest BCUT2D eigenvalue weighted by Crippen LogP contribution is -2.20. The monoisotopic (exact) mass is 225 g/mol. The zero-order valence-electron chi connectivity index (χ0n) is 9.83. The van der Waals surface area contributed by atoms with Gasteiger partial charge in [-0.1, -0.05) is 20.8 Å². The highest BCUT2D eigenvalue weighted by Gasteiger charge is 2.21. The minimum Gasteiger partial charge on any atom is -0.265 e. The van der Waals surface area contributed by atoms with E-state index in [1.165, 1.54) is 5.56 Å². The van der Waals surface area contributed by atoms with Gasteiger partial charge in [-0.25, -0.2) is 0 Å². The van der Waals surface area contributed by atoms with Crippen LogP contribution in [0.1, 0.15) is 39.2 Å². The summed E-state index contributed by atoms with van der Waals surface area (Å²) in [6.07, 6.45) is 7.01. The maximum absolute atomic E-state index is 6.31. The van der Waals surface area contributed by atoms with E-state index < -0.39 is 0 Å². The van der Waals surface area contributed by atoms with Crippen molar-refractivity contribution in [1.29, 1.82) is 0 Å². The molecule has 1 heterocycles. The largest absolute Gasteiger partial charge is 0.265 e. The molecular formula is C13H20ClN. The Bertz CT molecular complexity index is 276. The van der Waals surface area contributed by atoms with Crippen LogP contribution in [0.25, 0.3) is 0 Å². The summed E-state index contributed by atoms with van der Waals surface area (Å²) in [7, 11) is 0. The first kappa shape index (κ1) is 12.5. The van der Waals surface area contributed by atoms with Crippen LogP contribution < -0.4 is 0 Å². The van der Waals surface area contributed by atoms with Gasteiger partial charge >= 0.3 is 0 Å². The summed E-state index contributed by atoms with van der Waals surface area (Å²) in [5.41, 5.74) is 1.56. The van der Waals surface area contributed by atoms with Crippen LogP contribution in [-0.2, 0) is 6.42 Å². The van der Waals surface area contributed by atoms with Gasteiger partial charge in [-0.15, -0.1) is 11.6 Å².